The molecule has 0 aromatic heterocycles. The monoisotopic (exact) mass is 463 g/mol. The third-order valence-corrected chi connectivity index (χ3v) is 2.86. The third kappa shape index (κ3) is 3.09. The fraction of sp³-hybridized carbons (Fsp3) is 0.889. The van der Waals surface area contributed by atoms with Crippen LogP contribution in [0.15, 0.2) is 0 Å². The van der Waals surface area contributed by atoms with Crippen LogP contribution in [0.2, 0.25) is 0 Å². The average Bonchev–Trinajstić information content (AvgIpc) is 2.44. The molecule has 0 fully saturated rings. The van der Waals surface area contributed by atoms with Crippen LogP contribution in [-0.4, -0.2) is 54.3 Å². The van der Waals surface area contributed by atoms with Gasteiger partial charge in [0.15, 0.2) is 0 Å². The Balaban J connectivity index is 6.67. The van der Waals surface area contributed by atoms with Gasteiger partial charge in [0, 0.05) is 0 Å². The lowest BCUT2D eigenvalue weighted by molar-refractivity contribution is -0.472. The molecule has 19 heteroatoms. The standard InChI is InChI=1S/C9F17O2/c10-2(11,4(14,15)6(18,19)8(22,23)24)3(12,13)5(16,17)7(20,21)9(25,26)28-1-27. The Morgan fingerprint density at radius 2 is 0.679 bits per heavy atom. The molecule has 2 nitrogen and oxygen atoms in total. The summed E-state index contributed by atoms with van der Waals surface area (Å²) in [6.45, 7) is -0.712. The maximum Gasteiger partial charge on any atom is 0.473 e. The smallest absolute Gasteiger partial charge is 0.387 e. The number of alkyl halides is 17. The van der Waals surface area contributed by atoms with Crippen molar-refractivity contribution in [3.8, 4) is 0 Å². The molecule has 0 aliphatic heterocycles. The first-order chi connectivity index (χ1) is 11.8. The highest BCUT2D eigenvalue weighted by Crippen LogP contribution is 2.63. The SMILES string of the molecule is O=[C]OC(F)(F)C(F)(F)C(F)(F)C(F)(F)C(F)(F)C(F)(F)C(F)(F)C(F)(F)F. The van der Waals surface area contributed by atoms with E-state index in [2.05, 4.69) is 0 Å². The van der Waals surface area contributed by atoms with Crippen molar-refractivity contribution in [3.63, 3.8) is 0 Å². The van der Waals surface area contributed by atoms with Crippen LogP contribution in [0.25, 0.3) is 0 Å². The van der Waals surface area contributed by atoms with Gasteiger partial charge < -0.3 is 4.74 Å². The topological polar surface area (TPSA) is 26.3 Å². The van der Waals surface area contributed by atoms with Crippen molar-refractivity contribution in [3.05, 3.63) is 0 Å². The summed E-state index contributed by atoms with van der Waals surface area (Å²) in [7, 11) is 0. The zero-order valence-corrected chi connectivity index (χ0v) is 11.7. The number of rotatable bonds is 8. The molecule has 0 aromatic rings. The molecule has 0 saturated carbocycles. The second kappa shape index (κ2) is 6.39. The summed E-state index contributed by atoms with van der Waals surface area (Å²) in [6, 6.07) is 0. The second-order valence-electron chi connectivity index (χ2n) is 4.65. The number of ether oxygens (including phenoxy) is 1. The second-order valence-corrected chi connectivity index (χ2v) is 4.65. The van der Waals surface area contributed by atoms with Gasteiger partial charge in [0.05, 0.1) is 0 Å². The number of hydrogen-bond donors (Lipinski definition) is 0. The highest BCUT2D eigenvalue weighted by atomic mass is 19.4. The van der Waals surface area contributed by atoms with Gasteiger partial charge in [-0.15, -0.1) is 0 Å². The molecule has 0 aliphatic rings. The Bertz CT molecular complexity index is 588. The van der Waals surface area contributed by atoms with Crippen molar-refractivity contribution in [2.24, 2.45) is 0 Å². The van der Waals surface area contributed by atoms with E-state index in [9.17, 15) is 79.4 Å². The summed E-state index contributed by atoms with van der Waals surface area (Å²) in [5, 5.41) is 0. The minimum absolute atomic E-state index is 0.712. The quantitative estimate of drug-likeness (QED) is 0.472. The predicted octanol–water partition coefficient (Wildman–Crippen LogP) is 5.04. The zero-order valence-electron chi connectivity index (χ0n) is 11.7. The van der Waals surface area contributed by atoms with Crippen molar-refractivity contribution in [1.82, 2.24) is 0 Å². The molecule has 28 heavy (non-hydrogen) atoms. The summed E-state index contributed by atoms with van der Waals surface area (Å²) < 4.78 is 216. The Morgan fingerprint density at radius 3 is 0.929 bits per heavy atom. The predicted molar refractivity (Wildman–Crippen MR) is 47.5 cm³/mol. The summed E-state index contributed by atoms with van der Waals surface area (Å²) in [6.07, 6.45) is -15.0. The summed E-state index contributed by atoms with van der Waals surface area (Å²) in [5.41, 5.74) is 0. The highest BCUT2D eigenvalue weighted by Gasteiger charge is 2.95. The van der Waals surface area contributed by atoms with Crippen LogP contribution >= 0.6 is 0 Å². The van der Waals surface area contributed by atoms with Crippen LogP contribution < -0.4 is 0 Å². The average molecular weight is 463 g/mol. The minimum atomic E-state index is -8.72. The fourth-order valence-electron chi connectivity index (χ4n) is 1.27. The molecule has 0 bridgehead atoms. The van der Waals surface area contributed by atoms with E-state index in [0.29, 0.717) is 0 Å². The van der Waals surface area contributed by atoms with E-state index in [1.54, 1.807) is 0 Å². The summed E-state index contributed by atoms with van der Waals surface area (Å²) in [5.74, 6) is -50.7. The van der Waals surface area contributed by atoms with Crippen LogP contribution in [0.1, 0.15) is 0 Å². The first-order valence-corrected chi connectivity index (χ1v) is 5.58. The molecule has 0 heterocycles. The van der Waals surface area contributed by atoms with Gasteiger partial charge in [0.2, 0.25) is 0 Å². The van der Waals surface area contributed by atoms with Crippen molar-refractivity contribution in [2.45, 2.75) is 47.8 Å². The van der Waals surface area contributed by atoms with Gasteiger partial charge in [0.25, 0.3) is 0 Å². The molecule has 167 valence electrons. The number of halogens is 17. The fourth-order valence-corrected chi connectivity index (χ4v) is 1.27. The molecule has 1 radical (unpaired) electrons. The molecule has 0 aromatic carbocycles. The van der Waals surface area contributed by atoms with E-state index < -0.39 is 54.3 Å². The first kappa shape index (κ1) is 26.3. The van der Waals surface area contributed by atoms with Gasteiger partial charge in [-0.2, -0.15) is 74.6 Å². The van der Waals surface area contributed by atoms with Crippen molar-refractivity contribution in [1.29, 1.82) is 0 Å². The molecule has 0 spiro atoms. The van der Waals surface area contributed by atoms with E-state index in [1.165, 1.54) is 0 Å². The molecule has 0 N–H and O–H groups in total. The number of carbonyl (C=O) groups excluding carboxylic acids is 1. The molecular weight excluding hydrogens is 463 g/mol. The molecule has 0 amide bonds. The zero-order chi connectivity index (χ0) is 23.4. The molecule has 0 rings (SSSR count). The van der Waals surface area contributed by atoms with Crippen molar-refractivity contribution < 1.29 is 84.2 Å². The van der Waals surface area contributed by atoms with E-state index in [-0.39, 0.29) is 0 Å². The van der Waals surface area contributed by atoms with E-state index >= 15 is 0 Å². The van der Waals surface area contributed by atoms with Crippen molar-refractivity contribution in [2.75, 3.05) is 0 Å². The lowest BCUT2D eigenvalue weighted by Gasteiger charge is -2.42. The Labute approximate surface area is 140 Å². The largest absolute Gasteiger partial charge is 0.473 e. The molecule has 0 saturated heterocycles. The lowest BCUT2D eigenvalue weighted by atomic mass is 9.90. The van der Waals surface area contributed by atoms with E-state index in [1.807, 2.05) is 4.74 Å². The molecule has 0 aliphatic carbocycles. The van der Waals surface area contributed by atoms with E-state index in [0.717, 1.165) is 0 Å². The third-order valence-electron chi connectivity index (χ3n) is 2.86. The van der Waals surface area contributed by atoms with Gasteiger partial charge in [0.1, 0.15) is 0 Å². The number of hydrogen-bond acceptors (Lipinski definition) is 2. The molecule has 0 unspecified atom stereocenters. The lowest BCUT2D eigenvalue weighted by Crippen LogP contribution is -2.74. The summed E-state index contributed by atoms with van der Waals surface area (Å²) in [4.78, 5) is 9.36. The van der Waals surface area contributed by atoms with Crippen LogP contribution in [0.4, 0.5) is 74.6 Å². The normalized spacial score (nSPS) is 16.2. The maximum absolute atomic E-state index is 13.0. The van der Waals surface area contributed by atoms with Crippen LogP contribution in [0, 0.1) is 0 Å². The Hall–Kier alpha value is -1.72. The van der Waals surface area contributed by atoms with Gasteiger partial charge in [-0.25, -0.2) is 4.79 Å². The van der Waals surface area contributed by atoms with Gasteiger partial charge in [-0.3, -0.25) is 0 Å². The van der Waals surface area contributed by atoms with E-state index in [4.69, 9.17) is 0 Å². The van der Waals surface area contributed by atoms with Gasteiger partial charge >= 0.3 is 54.3 Å². The highest BCUT2D eigenvalue weighted by molar-refractivity contribution is 5.39. The van der Waals surface area contributed by atoms with Gasteiger partial charge in [-0.05, 0) is 0 Å². The van der Waals surface area contributed by atoms with Crippen LogP contribution in [-0.2, 0) is 9.53 Å². The minimum Gasteiger partial charge on any atom is -0.387 e. The molecular formula is C9F17O2. The van der Waals surface area contributed by atoms with Gasteiger partial charge in [-0.1, -0.05) is 0 Å². The summed E-state index contributed by atoms with van der Waals surface area (Å²) >= 11 is 0. The maximum atomic E-state index is 13.0. The first-order valence-electron chi connectivity index (χ1n) is 5.58. The van der Waals surface area contributed by atoms with Crippen LogP contribution in [0.3, 0.4) is 0 Å². The molecule has 0 atom stereocenters. The van der Waals surface area contributed by atoms with Crippen LogP contribution in [0.5, 0.6) is 0 Å². The Kier molecular flexibility index (Phi) is 6.00. The van der Waals surface area contributed by atoms with Crippen molar-refractivity contribution >= 4 is 6.47 Å². The Morgan fingerprint density at radius 1 is 0.429 bits per heavy atom.